The smallest absolute Gasteiger partial charge is 0.319 e. The number of carbonyl (C=O) groups is 1. The molecule has 0 fully saturated rings. The highest BCUT2D eigenvalue weighted by molar-refractivity contribution is 7.79. The summed E-state index contributed by atoms with van der Waals surface area (Å²) in [6.45, 7) is -0.149. The summed E-state index contributed by atoms with van der Waals surface area (Å²) in [6.07, 6.45) is 10.5. The molecule has 3 aromatic heterocycles. The molecule has 6 aromatic rings. The topological polar surface area (TPSA) is 113 Å². The van der Waals surface area contributed by atoms with Crippen LogP contribution >= 0.6 is 0 Å². The van der Waals surface area contributed by atoms with Gasteiger partial charge < -0.3 is 15.0 Å². The highest BCUT2D eigenvalue weighted by Crippen LogP contribution is 2.54. The highest BCUT2D eigenvalue weighted by atomic mass is 32.2. The largest absolute Gasteiger partial charge is 0.463 e. The maximum atomic E-state index is 16.4. The van der Waals surface area contributed by atoms with Crippen LogP contribution in [0.15, 0.2) is 78.1 Å². The third-order valence-corrected chi connectivity index (χ3v) is 7.91. The van der Waals surface area contributed by atoms with Gasteiger partial charge in [0, 0.05) is 35.2 Å². The Hall–Kier alpha value is -5.74. The van der Waals surface area contributed by atoms with Gasteiger partial charge in [-0.3, -0.25) is 14.7 Å². The van der Waals surface area contributed by atoms with Crippen molar-refractivity contribution in [1.82, 2.24) is 19.9 Å². The van der Waals surface area contributed by atoms with E-state index in [1.165, 1.54) is 36.5 Å². The predicted octanol–water partition coefficient (Wildman–Crippen LogP) is 6.62. The Kier molecular flexibility index (Phi) is 6.90. The normalized spacial score (nSPS) is 12.5. The monoisotopic (exact) mass is 624 g/mol. The molecule has 1 aliphatic rings. The Balaban J connectivity index is 1.22. The van der Waals surface area contributed by atoms with Crippen LogP contribution < -0.4 is 15.0 Å². The molecule has 0 aliphatic carbocycles. The Morgan fingerprint density at radius 2 is 1.84 bits per heavy atom. The van der Waals surface area contributed by atoms with Gasteiger partial charge in [0.2, 0.25) is 17.1 Å². The second-order valence-corrected chi connectivity index (χ2v) is 10.9. The number of fused-ring (bicyclic) bond motifs is 3. The lowest BCUT2D eigenvalue weighted by molar-refractivity contribution is -0.116. The minimum Gasteiger partial charge on any atom is -0.463 e. The van der Waals surface area contributed by atoms with Crippen LogP contribution in [0.2, 0.25) is 0 Å². The third kappa shape index (κ3) is 5.00. The minimum absolute atomic E-state index is 0.00769. The number of ether oxygens (including phenoxy) is 1. The number of anilines is 4. The number of nitrogens with zero attached hydrogens (tertiary/aromatic N) is 4. The van der Waals surface area contributed by atoms with Crippen molar-refractivity contribution >= 4 is 61.6 Å². The summed E-state index contributed by atoms with van der Waals surface area (Å²) >= 11 is -2.63. The number of hydrogen-bond acceptors (Lipinski definition) is 7. The number of carbonyl (C=O) groups excluding carboxylic acids is 1. The van der Waals surface area contributed by atoms with Gasteiger partial charge in [-0.15, -0.1) is 10.3 Å². The van der Waals surface area contributed by atoms with Crippen molar-refractivity contribution < 1.29 is 26.4 Å². The average Bonchev–Trinajstić information content (AvgIpc) is 3.50. The molecule has 4 heterocycles. The Morgan fingerprint density at radius 1 is 1.07 bits per heavy atom. The molecule has 1 atom stereocenters. The van der Waals surface area contributed by atoms with Crippen molar-refractivity contribution in [2.45, 2.75) is 11.3 Å². The second-order valence-electron chi connectivity index (χ2n) is 9.94. The number of amides is 1. The van der Waals surface area contributed by atoms with Crippen molar-refractivity contribution in [3.63, 3.8) is 0 Å². The van der Waals surface area contributed by atoms with Gasteiger partial charge in [0.15, 0.2) is 11.6 Å². The van der Waals surface area contributed by atoms with Crippen molar-refractivity contribution in [3.8, 4) is 29.6 Å². The molecule has 45 heavy (non-hydrogen) atoms. The number of benzene rings is 3. The molecular weight excluding hydrogens is 605 g/mol. The summed E-state index contributed by atoms with van der Waals surface area (Å²) in [4.78, 5) is 30.5. The molecule has 0 bridgehead atoms. The number of hydrogen-bond donors (Lipinski definition) is 2. The van der Waals surface area contributed by atoms with Gasteiger partial charge in [0.05, 0.1) is 33.6 Å². The van der Waals surface area contributed by atoms with Crippen molar-refractivity contribution in [3.05, 3.63) is 90.4 Å². The van der Waals surface area contributed by atoms with Gasteiger partial charge in [-0.05, 0) is 35.7 Å². The number of aromatic amines is 1. The first kappa shape index (κ1) is 28.1. The van der Waals surface area contributed by atoms with Crippen molar-refractivity contribution in [2.24, 2.45) is 0 Å². The van der Waals surface area contributed by atoms with E-state index < -0.39 is 28.7 Å². The van der Waals surface area contributed by atoms with Crippen LogP contribution in [-0.2, 0) is 16.0 Å². The molecule has 13 heteroatoms. The first-order valence-corrected chi connectivity index (χ1v) is 14.5. The number of terminal acetylenes is 1. The van der Waals surface area contributed by atoms with Gasteiger partial charge in [-0.25, -0.2) is 13.0 Å². The molecule has 0 saturated heterocycles. The minimum atomic E-state index is -2.63. The number of H-pyrrole nitrogens is 1. The summed E-state index contributed by atoms with van der Waals surface area (Å²) in [7, 11) is 0. The average molecular weight is 625 g/mol. The molecule has 222 valence electrons. The van der Waals surface area contributed by atoms with Gasteiger partial charge >= 0.3 is 6.01 Å². The van der Waals surface area contributed by atoms with Crippen LogP contribution in [0, 0.1) is 24.0 Å². The van der Waals surface area contributed by atoms with Crippen molar-refractivity contribution in [1.29, 1.82) is 0 Å². The van der Waals surface area contributed by atoms with E-state index in [-0.39, 0.29) is 40.7 Å². The summed E-state index contributed by atoms with van der Waals surface area (Å²) in [6, 6.07) is 13.2. The van der Waals surface area contributed by atoms with E-state index >= 15 is 4.39 Å². The van der Waals surface area contributed by atoms with E-state index in [0.717, 1.165) is 11.4 Å². The molecule has 0 spiro atoms. The molecule has 3 aromatic carbocycles. The first-order chi connectivity index (χ1) is 21.8. The first-order valence-electron chi connectivity index (χ1n) is 13.5. The number of pyridine rings is 1. The quantitative estimate of drug-likeness (QED) is 0.111. The number of rotatable bonds is 8. The zero-order valence-electron chi connectivity index (χ0n) is 23.0. The second kappa shape index (κ2) is 11.1. The van der Waals surface area contributed by atoms with Gasteiger partial charge in [-0.2, -0.15) is 9.97 Å². The van der Waals surface area contributed by atoms with E-state index in [1.54, 1.807) is 41.6 Å². The van der Waals surface area contributed by atoms with Gasteiger partial charge in [0.1, 0.15) is 23.6 Å². The molecule has 1 amide bonds. The number of aromatic nitrogens is 4. The van der Waals surface area contributed by atoms with E-state index in [0.29, 0.717) is 33.2 Å². The molecule has 1 unspecified atom stereocenters. The van der Waals surface area contributed by atoms with E-state index in [9.17, 15) is 17.3 Å². The fraction of sp³-hybridized carbons (Fsp3) is 0.0625. The van der Waals surface area contributed by atoms with Crippen LogP contribution in [-0.4, -0.2) is 36.7 Å². The summed E-state index contributed by atoms with van der Waals surface area (Å²) < 4.78 is 60.7. The number of nitrogens with one attached hydrogen (secondary N) is 2. The summed E-state index contributed by atoms with van der Waals surface area (Å²) in [5, 5.41) is 3.90. The molecular formula is C32H19F3N6O3S. The zero-order valence-corrected chi connectivity index (χ0v) is 23.8. The maximum absolute atomic E-state index is 16.4. The maximum Gasteiger partial charge on any atom is 0.319 e. The molecule has 9 nitrogen and oxygen atoms in total. The van der Waals surface area contributed by atoms with Crippen LogP contribution in [0.3, 0.4) is 0 Å². The molecule has 0 saturated carbocycles. The predicted molar refractivity (Wildman–Crippen MR) is 163 cm³/mol. The SMILES string of the molecule is C#Cc1c(F)ccc2cccc(-c3ncc4c(N5c6c[nH]cc65)nc(OCCC(=O)Nc5ccc(S(=O)F)cc5)nc4c3F)c12. The third-order valence-electron chi connectivity index (χ3n) is 7.27. The van der Waals surface area contributed by atoms with Crippen LogP contribution in [0.25, 0.3) is 32.9 Å². The lowest BCUT2D eigenvalue weighted by Crippen LogP contribution is -2.16. The summed E-state index contributed by atoms with van der Waals surface area (Å²) in [5.74, 6) is 0.878. The number of halogens is 3. The molecule has 0 radical (unpaired) electrons. The Bertz CT molecular complexity index is 2210. The molecule has 2 N–H and O–H groups in total. The van der Waals surface area contributed by atoms with Gasteiger partial charge in [-0.1, -0.05) is 30.2 Å². The van der Waals surface area contributed by atoms with E-state index in [1.807, 2.05) is 0 Å². The summed E-state index contributed by atoms with van der Waals surface area (Å²) in [5.41, 5.74) is 2.15. The van der Waals surface area contributed by atoms with Crippen LogP contribution in [0.4, 0.5) is 35.5 Å². The fourth-order valence-electron chi connectivity index (χ4n) is 5.14. The zero-order chi connectivity index (χ0) is 31.2. The standard InChI is InChI=1S/C32H19F3N6O3S/c1-2-20-23(33)11-6-17-4-3-5-21(27(17)20)29-28(34)30-22(14-37-29)31(41-24-15-36-16-25(24)41)40-32(39-30)44-13-12-26(42)38-18-7-9-19(10-8-18)45(35)43/h1,3-11,14-16,36H,12-13H2,(H,38,42). The Morgan fingerprint density at radius 3 is 2.58 bits per heavy atom. The van der Waals surface area contributed by atoms with E-state index in [2.05, 4.69) is 31.2 Å². The molecule has 7 rings (SSSR count). The van der Waals surface area contributed by atoms with Crippen molar-refractivity contribution in [2.75, 3.05) is 16.8 Å². The van der Waals surface area contributed by atoms with Crippen LogP contribution in [0.5, 0.6) is 6.01 Å². The molecule has 1 aliphatic heterocycles. The Labute approximate surface area is 255 Å². The lowest BCUT2D eigenvalue weighted by atomic mass is 9.96. The highest BCUT2D eigenvalue weighted by Gasteiger charge is 2.35. The van der Waals surface area contributed by atoms with Gasteiger partial charge in [0.25, 0.3) is 0 Å². The van der Waals surface area contributed by atoms with E-state index in [4.69, 9.17) is 11.2 Å². The van der Waals surface area contributed by atoms with Crippen LogP contribution in [0.1, 0.15) is 12.0 Å². The fourth-order valence-corrected chi connectivity index (χ4v) is 5.49. The lowest BCUT2D eigenvalue weighted by Gasteiger charge is -2.14.